The molecule has 0 unspecified atom stereocenters. The van der Waals surface area contributed by atoms with Crippen molar-refractivity contribution in [1.82, 2.24) is 4.90 Å². The normalized spacial score (nSPS) is 24.3. The molecule has 0 aromatic heterocycles. The number of aliphatic hydroxyl groups is 1. The fourth-order valence-electron chi connectivity index (χ4n) is 9.86. The summed E-state index contributed by atoms with van der Waals surface area (Å²) in [4.78, 5) is 48.1. The maximum absolute atomic E-state index is 16.6. The molecule has 0 aliphatic carbocycles. The second-order valence-electron chi connectivity index (χ2n) is 15.8. The van der Waals surface area contributed by atoms with Crippen LogP contribution < -0.4 is 9.80 Å². The number of benzene rings is 5. The summed E-state index contributed by atoms with van der Waals surface area (Å²) in [5.74, 6) is -1.31. The van der Waals surface area contributed by atoms with Gasteiger partial charge in [-0.3, -0.25) is 19.3 Å². The first-order valence-corrected chi connectivity index (χ1v) is 22.1. The quantitative estimate of drug-likeness (QED) is 0.133. The average Bonchev–Trinajstić information content (AvgIpc) is 3.72. The molecule has 1 spiro atoms. The van der Waals surface area contributed by atoms with E-state index < -0.39 is 37.6 Å². The Morgan fingerprint density at radius 2 is 1.69 bits per heavy atom. The van der Waals surface area contributed by atoms with Crippen molar-refractivity contribution in [2.24, 2.45) is 5.92 Å². The first-order chi connectivity index (χ1) is 26.4. The number of ether oxygens (including phenoxy) is 1. The molecule has 11 heteroatoms. The first-order valence-electron chi connectivity index (χ1n) is 18.8. The fourth-order valence-corrected chi connectivity index (χ4v) is 12.5. The molecule has 1 saturated heterocycles. The summed E-state index contributed by atoms with van der Waals surface area (Å²) in [6.45, 7) is 5.38. The number of hydrogen-bond acceptors (Lipinski definition) is 5. The van der Waals surface area contributed by atoms with Gasteiger partial charge in [-0.15, -0.1) is 0 Å². The summed E-state index contributed by atoms with van der Waals surface area (Å²) in [7, 11) is -3.57. The van der Waals surface area contributed by atoms with E-state index in [9.17, 15) is 14.7 Å². The predicted octanol–water partition coefficient (Wildman–Crippen LogP) is 8.44. The van der Waals surface area contributed by atoms with Crippen molar-refractivity contribution >= 4 is 65.6 Å². The maximum atomic E-state index is 16.6. The molecule has 280 valence electrons. The molecule has 8 nitrogen and oxygen atoms in total. The predicted molar refractivity (Wildman–Crippen MR) is 214 cm³/mol. The van der Waals surface area contributed by atoms with Gasteiger partial charge in [-0.1, -0.05) is 79.2 Å². The minimum absolute atomic E-state index is 0.114. The largest absolute Gasteiger partial charge is 0.394 e. The number of carbonyl (C=O) groups excluding carboxylic acids is 3. The van der Waals surface area contributed by atoms with Crippen LogP contribution in [0, 0.1) is 5.92 Å². The van der Waals surface area contributed by atoms with Crippen LogP contribution in [0.1, 0.15) is 46.0 Å². The zero-order valence-corrected chi connectivity index (χ0v) is 32.6. The van der Waals surface area contributed by atoms with E-state index in [0.717, 1.165) is 33.2 Å². The molecule has 0 saturated carbocycles. The van der Waals surface area contributed by atoms with Crippen molar-refractivity contribution in [2.75, 3.05) is 16.4 Å². The van der Waals surface area contributed by atoms with Crippen LogP contribution in [-0.2, 0) is 39.4 Å². The van der Waals surface area contributed by atoms with Gasteiger partial charge in [-0.25, -0.2) is 0 Å². The number of rotatable bonds is 7. The third-order valence-electron chi connectivity index (χ3n) is 12.3. The molecule has 0 radical (unpaired) electrons. The van der Waals surface area contributed by atoms with Crippen LogP contribution in [0.3, 0.4) is 0 Å². The van der Waals surface area contributed by atoms with Crippen molar-refractivity contribution in [3.05, 3.63) is 136 Å². The van der Waals surface area contributed by atoms with Crippen LogP contribution in [0.15, 0.2) is 103 Å². The number of hydrogen-bond donors (Lipinski definition) is 1. The van der Waals surface area contributed by atoms with Gasteiger partial charge in [-0.2, -0.15) is 0 Å². The Hall–Kier alpha value is -4.87. The summed E-state index contributed by atoms with van der Waals surface area (Å²) in [6, 6.07) is 31.9. The van der Waals surface area contributed by atoms with Gasteiger partial charge in [0.2, 0.25) is 14.3 Å². The molecule has 9 rings (SSSR count). The molecule has 4 aliphatic rings. The van der Waals surface area contributed by atoms with E-state index in [-0.39, 0.29) is 37.3 Å². The number of anilines is 3. The lowest BCUT2D eigenvalue weighted by Crippen LogP contribution is -2.48. The summed E-state index contributed by atoms with van der Waals surface area (Å²) < 4.78 is 23.5. The van der Waals surface area contributed by atoms with Gasteiger partial charge in [0.05, 0.1) is 48.7 Å². The minimum atomic E-state index is -3.57. The highest BCUT2D eigenvalue weighted by Gasteiger charge is 2.67. The van der Waals surface area contributed by atoms with Crippen LogP contribution in [0.25, 0.3) is 10.8 Å². The Labute approximate surface area is 325 Å². The van der Waals surface area contributed by atoms with E-state index in [0.29, 0.717) is 40.5 Å². The molecule has 5 aromatic carbocycles. The van der Waals surface area contributed by atoms with E-state index in [4.69, 9.17) is 16.3 Å². The number of nitrogens with zero attached hydrogens (tertiary/aromatic N) is 3. The van der Waals surface area contributed by atoms with E-state index in [1.807, 2.05) is 91.9 Å². The molecule has 5 aromatic rings. The van der Waals surface area contributed by atoms with Crippen molar-refractivity contribution in [3.8, 4) is 0 Å². The molecule has 4 aliphatic heterocycles. The van der Waals surface area contributed by atoms with Crippen LogP contribution in [0.2, 0.25) is 23.7 Å². The summed E-state index contributed by atoms with van der Waals surface area (Å²) in [6.07, 6.45) is -0.484. The van der Waals surface area contributed by atoms with E-state index >= 15 is 8.90 Å². The average molecular weight is 774 g/mol. The van der Waals surface area contributed by atoms with Crippen molar-refractivity contribution in [3.63, 3.8) is 0 Å². The number of halogens is 2. The standard InChI is InChI=1S/C44H41ClFN3O5Si/c1-26-41(55(2,3)46)38(22-39(51)47-24-30-11-5-4-10-29(30)20-33(47)25-50)54-44(26)35-21-31(45)17-18-36(35)48(43(44)53)23-27-9-6-14-32(19-27)49-37-16-8-13-28-12-7-15-34(40(28)37)42(49)52/h4-19,21,26,33,38,41,50H,20,22-25H2,1-3H3/t26-,33+,38+,41-,44+/m1/s1. The van der Waals surface area contributed by atoms with Crippen LogP contribution in [-0.4, -0.2) is 54.9 Å². The zero-order chi connectivity index (χ0) is 38.4. The highest BCUT2D eigenvalue weighted by atomic mass is 35.5. The van der Waals surface area contributed by atoms with Crippen molar-refractivity contribution in [2.45, 2.75) is 69.2 Å². The topological polar surface area (TPSA) is 90.4 Å². The molecular weight excluding hydrogens is 733 g/mol. The molecule has 5 atom stereocenters. The number of aliphatic hydroxyl groups excluding tert-OH is 1. The molecule has 55 heavy (non-hydrogen) atoms. The smallest absolute Gasteiger partial charge is 0.264 e. The van der Waals surface area contributed by atoms with E-state index in [2.05, 4.69) is 0 Å². The van der Waals surface area contributed by atoms with Crippen molar-refractivity contribution in [1.29, 1.82) is 0 Å². The lowest BCUT2D eigenvalue weighted by Gasteiger charge is -2.37. The second kappa shape index (κ2) is 13.1. The van der Waals surface area contributed by atoms with E-state index in [1.165, 1.54) is 0 Å². The Morgan fingerprint density at radius 1 is 0.945 bits per heavy atom. The Morgan fingerprint density at radius 3 is 2.45 bits per heavy atom. The Bertz CT molecular complexity index is 2410. The molecule has 1 fully saturated rings. The molecule has 0 bridgehead atoms. The second-order valence-corrected chi connectivity index (χ2v) is 20.1. The number of amides is 3. The third-order valence-corrected chi connectivity index (χ3v) is 14.9. The maximum Gasteiger partial charge on any atom is 0.264 e. The van der Waals surface area contributed by atoms with Gasteiger partial charge in [0.1, 0.15) is 0 Å². The third kappa shape index (κ3) is 5.56. The highest BCUT2D eigenvalue weighted by Crippen LogP contribution is 2.60. The molecule has 4 heterocycles. The molecule has 1 N–H and O–H groups in total. The van der Waals surface area contributed by atoms with Crippen LogP contribution in [0.4, 0.5) is 21.2 Å². The van der Waals surface area contributed by atoms with Gasteiger partial charge in [-0.05, 0) is 84.1 Å². The molecule has 3 amide bonds. The zero-order valence-electron chi connectivity index (χ0n) is 30.8. The number of fused-ring (bicyclic) bond motifs is 3. The minimum Gasteiger partial charge on any atom is -0.394 e. The molecular formula is C44H41ClFN3O5Si. The lowest BCUT2D eigenvalue weighted by atomic mass is 9.82. The van der Waals surface area contributed by atoms with Crippen molar-refractivity contribution < 1.29 is 28.3 Å². The van der Waals surface area contributed by atoms with Gasteiger partial charge in [0, 0.05) is 39.7 Å². The Kier molecular flexibility index (Phi) is 8.54. The summed E-state index contributed by atoms with van der Waals surface area (Å²) in [5, 5.41) is 12.6. The van der Waals surface area contributed by atoms with Gasteiger partial charge in [0.15, 0.2) is 5.60 Å². The fraction of sp³-hybridized carbons (Fsp3) is 0.295. The van der Waals surface area contributed by atoms with Crippen LogP contribution in [0.5, 0.6) is 0 Å². The SMILES string of the molecule is C[C@@H]1[C@@H]([Si](C)(C)F)[C@H](CC(=O)N2Cc3ccccc3C[C@H]2CO)O[C@@]12C(=O)N(Cc1cccc(N3C(=O)c4cccc5cccc3c45)c1)c1ccc(Cl)cc12. The Balaban J connectivity index is 1.04. The summed E-state index contributed by atoms with van der Waals surface area (Å²) in [5.41, 5.74) is 3.93. The van der Waals surface area contributed by atoms with Gasteiger partial charge in [0.25, 0.3) is 11.8 Å². The number of carbonyl (C=O) groups is 3. The van der Waals surface area contributed by atoms with E-state index in [1.54, 1.807) is 46.0 Å². The lowest BCUT2D eigenvalue weighted by molar-refractivity contribution is -0.151. The van der Waals surface area contributed by atoms with Gasteiger partial charge < -0.3 is 23.8 Å². The highest BCUT2D eigenvalue weighted by molar-refractivity contribution is 6.72. The van der Waals surface area contributed by atoms with Crippen LogP contribution >= 0.6 is 11.6 Å². The first kappa shape index (κ1) is 35.8. The summed E-state index contributed by atoms with van der Waals surface area (Å²) >= 11 is 6.62. The van der Waals surface area contributed by atoms with Gasteiger partial charge >= 0.3 is 0 Å². The monoisotopic (exact) mass is 773 g/mol.